The van der Waals surface area contributed by atoms with Gasteiger partial charge in [0.15, 0.2) is 0 Å². The molecule has 0 aliphatic carbocycles. The Bertz CT molecular complexity index is 1310. The van der Waals surface area contributed by atoms with Gasteiger partial charge in [0.05, 0.1) is 38.3 Å². The Morgan fingerprint density at radius 2 is 1.90 bits per heavy atom. The lowest BCUT2D eigenvalue weighted by Gasteiger charge is -2.09. The van der Waals surface area contributed by atoms with E-state index in [1.807, 2.05) is 0 Å². The van der Waals surface area contributed by atoms with E-state index in [1.165, 1.54) is 36.4 Å². The van der Waals surface area contributed by atoms with E-state index in [-0.39, 0.29) is 33.5 Å². The molecule has 4 aromatic rings. The van der Waals surface area contributed by atoms with Crippen LogP contribution in [0.25, 0.3) is 33.2 Å². The number of nitro benzene ring substituents is 1. The first-order chi connectivity index (χ1) is 13.6. The van der Waals surface area contributed by atoms with Crippen molar-refractivity contribution in [2.24, 2.45) is 0 Å². The van der Waals surface area contributed by atoms with Crippen LogP contribution in [-0.4, -0.2) is 26.0 Å². The quantitative estimate of drug-likeness (QED) is 0.371. The number of nitrogens with one attached hydrogen (secondary N) is 1. The Hall–Kier alpha value is -3.95. The smallest absolute Gasteiger partial charge is 0.416 e. The Kier molecular flexibility index (Phi) is 4.00. The summed E-state index contributed by atoms with van der Waals surface area (Å²) in [4.78, 5) is 29.3. The molecular weight excluding hydrogens is 391 g/mol. The molecule has 2 aromatic carbocycles. The zero-order valence-corrected chi connectivity index (χ0v) is 14.3. The fourth-order valence-electron chi connectivity index (χ4n) is 3.13. The van der Waals surface area contributed by atoms with Crippen LogP contribution in [0.5, 0.6) is 0 Å². The van der Waals surface area contributed by atoms with Crippen LogP contribution in [0.15, 0.2) is 48.5 Å². The minimum atomic E-state index is -4.56. The summed E-state index contributed by atoms with van der Waals surface area (Å²) in [5, 5.41) is 21.0. The zero-order chi connectivity index (χ0) is 20.9. The third-order valence-electron chi connectivity index (χ3n) is 4.46. The monoisotopic (exact) mass is 401 g/mol. The summed E-state index contributed by atoms with van der Waals surface area (Å²) < 4.78 is 39.1. The number of pyridine rings is 1. The number of aromatic amines is 1. The van der Waals surface area contributed by atoms with Crippen molar-refractivity contribution in [2.45, 2.75) is 6.18 Å². The third-order valence-corrected chi connectivity index (χ3v) is 4.46. The van der Waals surface area contributed by atoms with Crippen LogP contribution >= 0.6 is 0 Å². The number of aromatic nitrogens is 2. The van der Waals surface area contributed by atoms with Crippen LogP contribution < -0.4 is 0 Å². The lowest BCUT2D eigenvalue weighted by Crippen LogP contribution is -2.05. The van der Waals surface area contributed by atoms with Crippen molar-refractivity contribution in [3.8, 4) is 11.3 Å². The van der Waals surface area contributed by atoms with Crippen LogP contribution in [0, 0.1) is 10.1 Å². The van der Waals surface area contributed by atoms with E-state index in [0.717, 1.165) is 12.1 Å². The highest BCUT2D eigenvalue weighted by Gasteiger charge is 2.30. The SMILES string of the molecule is O=C(O)c1cc(-c2cccc(C(F)(F)F)c2)nc2c1[nH]c1cc([N+](=O)[O-])ccc12. The molecule has 0 radical (unpaired) electrons. The number of H-pyrrole nitrogens is 1. The van der Waals surface area contributed by atoms with Crippen LogP contribution in [0.4, 0.5) is 18.9 Å². The Labute approximate surface area is 159 Å². The van der Waals surface area contributed by atoms with E-state index < -0.39 is 22.6 Å². The molecule has 2 heterocycles. The molecule has 0 unspecified atom stereocenters. The normalized spacial score (nSPS) is 11.8. The molecule has 2 aromatic heterocycles. The number of hydrogen-bond donors (Lipinski definition) is 2. The number of rotatable bonds is 3. The second-order valence-corrected chi connectivity index (χ2v) is 6.27. The van der Waals surface area contributed by atoms with Crippen molar-refractivity contribution < 1.29 is 28.0 Å². The van der Waals surface area contributed by atoms with E-state index >= 15 is 0 Å². The molecule has 0 saturated carbocycles. The molecule has 0 fully saturated rings. The first-order valence-corrected chi connectivity index (χ1v) is 8.17. The van der Waals surface area contributed by atoms with E-state index in [0.29, 0.717) is 10.9 Å². The highest BCUT2D eigenvalue weighted by molar-refractivity contribution is 6.13. The number of carboxylic acids is 1. The number of carbonyl (C=O) groups is 1. The number of alkyl halides is 3. The van der Waals surface area contributed by atoms with Crippen molar-refractivity contribution in [1.82, 2.24) is 9.97 Å². The van der Waals surface area contributed by atoms with Crippen molar-refractivity contribution in [2.75, 3.05) is 0 Å². The fraction of sp³-hybridized carbons (Fsp3) is 0.0526. The van der Waals surface area contributed by atoms with Crippen LogP contribution in [0.1, 0.15) is 15.9 Å². The number of benzene rings is 2. The molecule has 29 heavy (non-hydrogen) atoms. The molecular formula is C19H10F3N3O4. The minimum absolute atomic E-state index is 0.0419. The van der Waals surface area contributed by atoms with Crippen molar-refractivity contribution in [1.29, 1.82) is 0 Å². The van der Waals surface area contributed by atoms with Gasteiger partial charge < -0.3 is 10.1 Å². The van der Waals surface area contributed by atoms with Gasteiger partial charge in [-0.15, -0.1) is 0 Å². The van der Waals surface area contributed by atoms with Gasteiger partial charge in [0, 0.05) is 23.1 Å². The highest BCUT2D eigenvalue weighted by Crippen LogP contribution is 2.34. The molecule has 0 atom stereocenters. The van der Waals surface area contributed by atoms with Gasteiger partial charge in [0.2, 0.25) is 0 Å². The summed E-state index contributed by atoms with van der Waals surface area (Å²) in [6, 6.07) is 9.48. The summed E-state index contributed by atoms with van der Waals surface area (Å²) >= 11 is 0. The summed E-state index contributed by atoms with van der Waals surface area (Å²) in [6.45, 7) is 0. The number of hydrogen-bond acceptors (Lipinski definition) is 4. The predicted octanol–water partition coefficient (Wildman–Crippen LogP) is 5.01. The van der Waals surface area contributed by atoms with Crippen molar-refractivity contribution >= 4 is 33.6 Å². The molecule has 10 heteroatoms. The van der Waals surface area contributed by atoms with Crippen molar-refractivity contribution in [3.05, 3.63) is 69.8 Å². The van der Waals surface area contributed by atoms with E-state index in [2.05, 4.69) is 9.97 Å². The largest absolute Gasteiger partial charge is 0.478 e. The van der Waals surface area contributed by atoms with Gasteiger partial charge in [-0.3, -0.25) is 10.1 Å². The number of fused-ring (bicyclic) bond motifs is 3. The van der Waals surface area contributed by atoms with Gasteiger partial charge in [0.1, 0.15) is 0 Å². The average molecular weight is 401 g/mol. The second-order valence-electron chi connectivity index (χ2n) is 6.27. The van der Waals surface area contributed by atoms with Gasteiger partial charge in [0.25, 0.3) is 5.69 Å². The van der Waals surface area contributed by atoms with E-state index in [4.69, 9.17) is 0 Å². The molecule has 0 aliphatic rings. The summed E-state index contributed by atoms with van der Waals surface area (Å²) in [5.41, 5.74) is -0.527. The lowest BCUT2D eigenvalue weighted by molar-refractivity contribution is -0.384. The molecule has 7 nitrogen and oxygen atoms in total. The van der Waals surface area contributed by atoms with Gasteiger partial charge in [-0.1, -0.05) is 12.1 Å². The Morgan fingerprint density at radius 3 is 2.55 bits per heavy atom. The zero-order valence-electron chi connectivity index (χ0n) is 14.3. The molecule has 0 bridgehead atoms. The maximum atomic E-state index is 13.0. The predicted molar refractivity (Wildman–Crippen MR) is 97.7 cm³/mol. The lowest BCUT2D eigenvalue weighted by atomic mass is 10.0. The molecule has 4 rings (SSSR count). The first kappa shape index (κ1) is 18.4. The number of nitro groups is 1. The van der Waals surface area contributed by atoms with Gasteiger partial charge in [-0.05, 0) is 24.3 Å². The average Bonchev–Trinajstić information content (AvgIpc) is 3.04. The van der Waals surface area contributed by atoms with Gasteiger partial charge in [-0.2, -0.15) is 13.2 Å². The standard InChI is InChI=1S/C19H10F3N3O4/c20-19(21,22)10-3-1-2-9(6-10)14-8-13(18(26)27)17-16(23-14)12-5-4-11(25(28)29)7-15(12)24-17/h1-8,24H,(H,26,27). The number of carboxylic acid groups (broad SMARTS) is 1. The summed E-state index contributed by atoms with van der Waals surface area (Å²) in [5.74, 6) is -1.31. The number of nitrogens with zero attached hydrogens (tertiary/aromatic N) is 2. The Balaban J connectivity index is 2.00. The van der Waals surface area contributed by atoms with Gasteiger partial charge in [-0.25, -0.2) is 9.78 Å². The van der Waals surface area contributed by atoms with Crippen molar-refractivity contribution in [3.63, 3.8) is 0 Å². The fourth-order valence-corrected chi connectivity index (χ4v) is 3.13. The molecule has 146 valence electrons. The summed E-state index contributed by atoms with van der Waals surface area (Å²) in [6.07, 6.45) is -4.56. The van der Waals surface area contributed by atoms with Crippen LogP contribution in [0.3, 0.4) is 0 Å². The molecule has 0 amide bonds. The highest BCUT2D eigenvalue weighted by atomic mass is 19.4. The minimum Gasteiger partial charge on any atom is -0.478 e. The maximum absolute atomic E-state index is 13.0. The maximum Gasteiger partial charge on any atom is 0.416 e. The molecule has 0 aliphatic heterocycles. The molecule has 2 N–H and O–H groups in total. The van der Waals surface area contributed by atoms with Gasteiger partial charge >= 0.3 is 12.1 Å². The topological polar surface area (TPSA) is 109 Å². The molecule has 0 spiro atoms. The first-order valence-electron chi connectivity index (χ1n) is 8.17. The van der Waals surface area contributed by atoms with Crippen LogP contribution in [0.2, 0.25) is 0 Å². The number of aromatic carboxylic acids is 1. The van der Waals surface area contributed by atoms with Crippen LogP contribution in [-0.2, 0) is 6.18 Å². The second kappa shape index (κ2) is 6.30. The van der Waals surface area contributed by atoms with E-state index in [1.54, 1.807) is 0 Å². The summed E-state index contributed by atoms with van der Waals surface area (Å²) in [7, 11) is 0. The molecule has 0 saturated heterocycles. The van der Waals surface area contributed by atoms with E-state index in [9.17, 15) is 33.2 Å². The third kappa shape index (κ3) is 3.14. The number of halogens is 3. The number of non-ortho nitro benzene ring substituents is 1. The Morgan fingerprint density at radius 1 is 1.14 bits per heavy atom.